The van der Waals surface area contributed by atoms with Gasteiger partial charge in [0.25, 0.3) is 0 Å². The van der Waals surface area contributed by atoms with Crippen LogP contribution in [0.5, 0.6) is 0 Å². The number of carbonyl (C=O) groups is 2. The maximum absolute atomic E-state index is 12.2. The highest BCUT2D eigenvalue weighted by Crippen LogP contribution is 2.37. The molecule has 13 heteroatoms. The zero-order valence-corrected chi connectivity index (χ0v) is 24.6. The molecule has 2 aliphatic rings. The van der Waals surface area contributed by atoms with Crippen LogP contribution in [0.1, 0.15) is 73.6 Å². The van der Waals surface area contributed by atoms with Crippen molar-refractivity contribution in [2.75, 3.05) is 13.7 Å². The lowest BCUT2D eigenvalue weighted by Crippen LogP contribution is -2.71. The van der Waals surface area contributed by atoms with E-state index in [4.69, 9.17) is 23.7 Å². The quantitative estimate of drug-likeness (QED) is 0.163. The molecule has 0 aromatic carbocycles. The summed E-state index contributed by atoms with van der Waals surface area (Å²) >= 11 is 0. The fourth-order valence-corrected chi connectivity index (χ4v) is 5.66. The second-order valence-corrected chi connectivity index (χ2v) is 11.2. The van der Waals surface area contributed by atoms with Crippen molar-refractivity contribution in [3.63, 3.8) is 0 Å². The minimum Gasteiger partial charge on any atom is -0.479 e. The number of hydrogen-bond acceptors (Lipinski definition) is 11. The van der Waals surface area contributed by atoms with Gasteiger partial charge in [0.1, 0.15) is 42.7 Å². The van der Waals surface area contributed by atoms with Crippen molar-refractivity contribution in [3.05, 3.63) is 0 Å². The number of aliphatic hydroxyl groups excluding tert-OH is 4. The second-order valence-electron chi connectivity index (χ2n) is 11.2. The SMILES string of the molecule is CCCC(C)(CC)O[C@@H]1C(C(=O)O)O[C@@H](O[C@@H]2C(CO)O[C@@H](C(C)(CCC)OC)C(NC(C)=O)[C@H]2O)C(O)[C@H]1O. The zero-order valence-electron chi connectivity index (χ0n) is 24.6. The fraction of sp³-hybridized carbons (Fsp3) is 0.926. The molecule has 0 bridgehead atoms. The Morgan fingerprint density at radius 3 is 2.05 bits per heavy atom. The number of carbonyl (C=O) groups excluding carboxylic acids is 1. The van der Waals surface area contributed by atoms with Crippen LogP contribution in [0, 0.1) is 0 Å². The first kappa shape index (κ1) is 34.8. The molecular weight excluding hydrogens is 530 g/mol. The molecule has 2 rings (SSSR count). The molecule has 2 heterocycles. The number of rotatable bonds is 14. The van der Waals surface area contributed by atoms with E-state index in [-0.39, 0.29) is 0 Å². The topological polar surface area (TPSA) is 193 Å². The minimum absolute atomic E-state index is 0.463. The number of amides is 1. The molecule has 0 aromatic heterocycles. The average Bonchev–Trinajstić information content (AvgIpc) is 2.90. The monoisotopic (exact) mass is 579 g/mol. The molecule has 0 aromatic rings. The van der Waals surface area contributed by atoms with Gasteiger partial charge in [0.2, 0.25) is 5.91 Å². The molecule has 13 nitrogen and oxygen atoms in total. The summed E-state index contributed by atoms with van der Waals surface area (Å²) in [7, 11) is 1.48. The van der Waals surface area contributed by atoms with Gasteiger partial charge in [-0.2, -0.15) is 0 Å². The summed E-state index contributed by atoms with van der Waals surface area (Å²) < 4.78 is 29.3. The van der Waals surface area contributed by atoms with Crippen LogP contribution in [0.15, 0.2) is 0 Å². The number of carboxylic acids is 1. The summed E-state index contributed by atoms with van der Waals surface area (Å²) in [4.78, 5) is 24.2. The highest BCUT2D eigenvalue weighted by molar-refractivity contribution is 5.74. The maximum atomic E-state index is 12.2. The van der Waals surface area contributed by atoms with Crippen LogP contribution in [0.25, 0.3) is 0 Å². The largest absolute Gasteiger partial charge is 0.479 e. The van der Waals surface area contributed by atoms with Gasteiger partial charge in [-0.25, -0.2) is 4.79 Å². The summed E-state index contributed by atoms with van der Waals surface area (Å²) in [6, 6.07) is -1.06. The van der Waals surface area contributed by atoms with Gasteiger partial charge in [-0.15, -0.1) is 0 Å². The van der Waals surface area contributed by atoms with E-state index in [1.165, 1.54) is 14.0 Å². The molecule has 234 valence electrons. The molecule has 2 fully saturated rings. The molecule has 2 aliphatic heterocycles. The second kappa shape index (κ2) is 14.7. The van der Waals surface area contributed by atoms with E-state index in [1.807, 2.05) is 20.8 Å². The van der Waals surface area contributed by atoms with Crippen molar-refractivity contribution in [2.24, 2.45) is 0 Å². The number of ether oxygens (including phenoxy) is 5. The molecule has 6 unspecified atom stereocenters. The first-order chi connectivity index (χ1) is 18.7. The van der Waals surface area contributed by atoms with Gasteiger partial charge in [-0.1, -0.05) is 33.6 Å². The summed E-state index contributed by atoms with van der Waals surface area (Å²) in [5.74, 6) is -1.90. The van der Waals surface area contributed by atoms with Crippen LogP contribution in [0.4, 0.5) is 0 Å². The first-order valence-corrected chi connectivity index (χ1v) is 14.1. The molecule has 12 atom stereocenters. The summed E-state index contributed by atoms with van der Waals surface area (Å²) in [5, 5.41) is 56.0. The smallest absolute Gasteiger partial charge is 0.335 e. The van der Waals surface area contributed by atoms with Gasteiger partial charge in [-0.3, -0.25) is 4.79 Å². The predicted octanol–water partition coefficient (Wildman–Crippen LogP) is 0.0874. The van der Waals surface area contributed by atoms with Crippen molar-refractivity contribution >= 4 is 11.9 Å². The van der Waals surface area contributed by atoms with Gasteiger partial charge in [-0.05, 0) is 33.1 Å². The Morgan fingerprint density at radius 1 is 0.950 bits per heavy atom. The van der Waals surface area contributed by atoms with Crippen LogP contribution in [0.2, 0.25) is 0 Å². The van der Waals surface area contributed by atoms with E-state index < -0.39 is 90.8 Å². The normalized spacial score (nSPS) is 37.8. The van der Waals surface area contributed by atoms with Crippen LogP contribution >= 0.6 is 0 Å². The van der Waals surface area contributed by atoms with E-state index in [0.717, 1.165) is 6.42 Å². The highest BCUT2D eigenvalue weighted by atomic mass is 16.7. The Bertz CT molecular complexity index is 831. The van der Waals surface area contributed by atoms with Gasteiger partial charge in [0.05, 0.1) is 23.9 Å². The van der Waals surface area contributed by atoms with E-state index in [9.17, 15) is 35.1 Å². The van der Waals surface area contributed by atoms with E-state index in [2.05, 4.69) is 5.32 Å². The Morgan fingerprint density at radius 2 is 1.57 bits per heavy atom. The molecule has 0 saturated carbocycles. The average molecular weight is 580 g/mol. The number of aliphatic hydroxyl groups is 4. The molecule has 40 heavy (non-hydrogen) atoms. The third-order valence-electron chi connectivity index (χ3n) is 8.11. The number of hydrogen-bond donors (Lipinski definition) is 6. The summed E-state index contributed by atoms with van der Waals surface area (Å²) in [6.07, 6.45) is -10.2. The number of carboxylic acid groups (broad SMARTS) is 1. The predicted molar refractivity (Wildman–Crippen MR) is 141 cm³/mol. The van der Waals surface area contributed by atoms with Gasteiger partial charge >= 0.3 is 5.97 Å². The van der Waals surface area contributed by atoms with Crippen molar-refractivity contribution in [3.8, 4) is 0 Å². The Kier molecular flexibility index (Phi) is 12.7. The molecule has 6 N–H and O–H groups in total. The van der Waals surface area contributed by atoms with E-state index in [1.54, 1.807) is 13.8 Å². The molecule has 2 saturated heterocycles. The van der Waals surface area contributed by atoms with Crippen molar-refractivity contribution in [1.82, 2.24) is 5.32 Å². The van der Waals surface area contributed by atoms with E-state index >= 15 is 0 Å². The van der Waals surface area contributed by atoms with Gasteiger partial charge < -0.3 is 54.5 Å². The summed E-state index contributed by atoms with van der Waals surface area (Å²) in [5.41, 5.74) is -1.73. The number of aliphatic carboxylic acids is 1. The third kappa shape index (κ3) is 7.69. The lowest BCUT2D eigenvalue weighted by atomic mass is 9.81. The Balaban J connectivity index is 2.37. The number of methoxy groups -OCH3 is 1. The van der Waals surface area contributed by atoms with Crippen LogP contribution < -0.4 is 5.32 Å². The Hall–Kier alpha value is -1.42. The molecule has 1 amide bonds. The Labute approximate surface area is 236 Å². The lowest BCUT2D eigenvalue weighted by molar-refractivity contribution is -0.345. The van der Waals surface area contributed by atoms with Crippen molar-refractivity contribution < 1.29 is 58.8 Å². The minimum atomic E-state index is -1.77. The molecule has 0 radical (unpaired) electrons. The fourth-order valence-electron chi connectivity index (χ4n) is 5.66. The zero-order chi connectivity index (χ0) is 30.4. The van der Waals surface area contributed by atoms with Crippen LogP contribution in [0.3, 0.4) is 0 Å². The third-order valence-corrected chi connectivity index (χ3v) is 8.11. The van der Waals surface area contributed by atoms with Gasteiger partial charge in [0, 0.05) is 14.0 Å². The van der Waals surface area contributed by atoms with Crippen LogP contribution in [-0.2, 0) is 33.3 Å². The van der Waals surface area contributed by atoms with E-state index in [0.29, 0.717) is 25.7 Å². The number of nitrogens with one attached hydrogen (secondary N) is 1. The molecule has 0 aliphatic carbocycles. The maximum Gasteiger partial charge on any atom is 0.335 e. The molecular formula is C27H49NO12. The van der Waals surface area contributed by atoms with Crippen molar-refractivity contribution in [1.29, 1.82) is 0 Å². The van der Waals surface area contributed by atoms with Gasteiger partial charge in [0.15, 0.2) is 12.4 Å². The summed E-state index contributed by atoms with van der Waals surface area (Å²) in [6.45, 7) is 9.97. The first-order valence-electron chi connectivity index (χ1n) is 14.1. The van der Waals surface area contributed by atoms with Crippen LogP contribution in [-0.4, -0.2) is 123 Å². The lowest BCUT2D eigenvalue weighted by Gasteiger charge is -2.51. The standard InChI is InChI=1S/C27H49NO12/c1-8-11-26(5,10-3)40-21-18(32)19(33)25(39-22(21)24(34)35)38-20-15(13-29)37-23(27(6,36-7)12-9-2)16(17(20)31)28-14(4)30/h15-23,25,29,31-33H,8-13H2,1-7H3,(H,28,30)(H,34,35)/t15?,16?,17-,18-,19?,20-,21+,22?,23-,25-,26?,27?/m1/s1. The highest BCUT2D eigenvalue weighted by Gasteiger charge is 2.56. The van der Waals surface area contributed by atoms with Crippen molar-refractivity contribution in [2.45, 2.75) is 146 Å². The molecule has 0 spiro atoms.